The van der Waals surface area contributed by atoms with Crippen molar-refractivity contribution >= 4 is 29.8 Å². The Labute approximate surface area is 601 Å². The first-order chi connectivity index (χ1) is 47.0. The molecule has 5 spiro atoms. The van der Waals surface area contributed by atoms with E-state index in [1.54, 1.807) is 24.8 Å². The number of rotatable bonds is 0. The number of benzene rings is 1. The fourth-order valence-corrected chi connectivity index (χ4v) is 16.9. The largest absolute Gasteiger partial charge is 0.454 e. The Balaban J connectivity index is 0.000000136. The van der Waals surface area contributed by atoms with Crippen LogP contribution in [-0.2, 0) is 108 Å². The normalized spacial score (nSPS) is 22.2. The molecule has 0 atom stereocenters. The van der Waals surface area contributed by atoms with Crippen LogP contribution in [0.2, 0.25) is 0 Å². The van der Waals surface area contributed by atoms with Gasteiger partial charge in [-0.05, 0) is 156 Å². The third-order valence-electron chi connectivity index (χ3n) is 22.8. The van der Waals surface area contributed by atoms with Crippen LogP contribution in [0.3, 0.4) is 0 Å². The molecule has 5 aromatic rings. The predicted octanol–water partition coefficient (Wildman–Crippen LogP) is 12.6. The molecule has 15 rings (SSSR count). The molecule has 14 heterocycles. The number of fused-ring (bicyclic) bond motifs is 10. The van der Waals surface area contributed by atoms with Gasteiger partial charge in [0.1, 0.15) is 22.4 Å². The Bertz CT molecular complexity index is 3190. The number of piperidine rings is 5. The van der Waals surface area contributed by atoms with Gasteiger partial charge in [-0.3, -0.25) is 68.4 Å². The molecule has 10 aliphatic heterocycles. The lowest BCUT2D eigenvalue weighted by Crippen LogP contribution is -2.53. The van der Waals surface area contributed by atoms with Crippen molar-refractivity contribution in [2.75, 3.05) is 65.4 Å². The number of hydrogen-bond acceptors (Lipinski definition) is 19. The number of hydrogen-bond donors (Lipinski definition) is 0. The maximum absolute atomic E-state index is 11.9. The van der Waals surface area contributed by atoms with Gasteiger partial charge in [0.2, 0.25) is 0 Å². The number of aromatic nitrogens is 4. The summed E-state index contributed by atoms with van der Waals surface area (Å²) in [4.78, 5) is 89.2. The van der Waals surface area contributed by atoms with Crippen LogP contribution in [0, 0.1) is 0 Å². The molecule has 0 amide bonds. The average molecular weight is 1390 g/mol. The zero-order valence-electron chi connectivity index (χ0n) is 62.5. The minimum absolute atomic E-state index is 0. The van der Waals surface area contributed by atoms with Crippen LogP contribution in [0.15, 0.2) is 97.8 Å². The van der Waals surface area contributed by atoms with Crippen molar-refractivity contribution in [1.82, 2.24) is 44.4 Å². The zero-order chi connectivity index (χ0) is 71.9. The molecule has 19 nitrogen and oxygen atoms in total. The van der Waals surface area contributed by atoms with E-state index in [0.717, 1.165) is 174 Å². The summed E-state index contributed by atoms with van der Waals surface area (Å²) in [6.07, 6.45) is 21.2. The molecule has 19 heteroatoms. The monoisotopic (exact) mass is 1390 g/mol. The van der Waals surface area contributed by atoms with E-state index in [4.69, 9.17) is 23.7 Å². The number of likely N-dealkylation sites (tertiary alicyclic amines) is 5. The van der Waals surface area contributed by atoms with Crippen LogP contribution in [0.25, 0.3) is 0 Å². The summed E-state index contributed by atoms with van der Waals surface area (Å²) in [5, 5.41) is 0. The molecule has 0 radical (unpaired) electrons. The maximum atomic E-state index is 11.9. The van der Waals surface area contributed by atoms with Gasteiger partial charge in [0.15, 0.2) is 5.60 Å². The highest BCUT2D eigenvalue weighted by molar-refractivity contribution is 5.78. The molecule has 0 saturated carbocycles. The summed E-state index contributed by atoms with van der Waals surface area (Å²) in [6.45, 7) is 43.0. The first kappa shape index (κ1) is 76.6. The van der Waals surface area contributed by atoms with Gasteiger partial charge in [0.25, 0.3) is 0 Å². The molecular formula is C82H115N9O10. The van der Waals surface area contributed by atoms with Gasteiger partial charge >= 0.3 is 29.8 Å². The van der Waals surface area contributed by atoms with Crippen LogP contribution < -0.4 is 0 Å². The van der Waals surface area contributed by atoms with E-state index in [-0.39, 0.29) is 70.6 Å². The number of carbonyl (C=O) groups is 5. The van der Waals surface area contributed by atoms with E-state index in [2.05, 4.69) is 173 Å². The Morgan fingerprint density at radius 1 is 0.307 bits per heavy atom. The van der Waals surface area contributed by atoms with Crippen molar-refractivity contribution in [1.29, 1.82) is 0 Å². The van der Waals surface area contributed by atoms with Crippen molar-refractivity contribution < 1.29 is 47.7 Å². The molecule has 5 fully saturated rings. The van der Waals surface area contributed by atoms with E-state index in [1.165, 1.54) is 11.1 Å². The number of ether oxygens (including phenoxy) is 5. The van der Waals surface area contributed by atoms with Crippen molar-refractivity contribution in [2.24, 2.45) is 0 Å². The predicted molar refractivity (Wildman–Crippen MR) is 390 cm³/mol. The Hall–Kier alpha value is -7.03. The molecule has 0 bridgehead atoms. The second-order valence-electron chi connectivity index (χ2n) is 34.2. The lowest BCUT2D eigenvalue weighted by molar-refractivity contribution is -0.172. The Kier molecular flexibility index (Phi) is 22.5. The average Bonchev–Trinajstić information content (AvgIpc) is 0.785. The first-order valence-corrected chi connectivity index (χ1v) is 36.7. The third kappa shape index (κ3) is 17.0. The maximum Gasteiger partial charge on any atom is 0.312 e. The zero-order valence-corrected chi connectivity index (χ0v) is 62.5. The molecule has 1 aromatic carbocycles. The second kappa shape index (κ2) is 29.6. The highest BCUT2D eigenvalue weighted by Gasteiger charge is 2.51. The molecule has 4 aromatic heterocycles. The van der Waals surface area contributed by atoms with E-state index >= 15 is 0 Å². The van der Waals surface area contributed by atoms with Crippen molar-refractivity contribution in [3.63, 3.8) is 0 Å². The van der Waals surface area contributed by atoms with Crippen molar-refractivity contribution in [3.05, 3.63) is 154 Å². The van der Waals surface area contributed by atoms with Gasteiger partial charge in [-0.1, -0.05) is 43.8 Å². The van der Waals surface area contributed by atoms with Gasteiger partial charge in [0.05, 0.1) is 43.5 Å². The van der Waals surface area contributed by atoms with Crippen LogP contribution >= 0.6 is 0 Å². The van der Waals surface area contributed by atoms with Gasteiger partial charge in [0, 0.05) is 211 Å². The smallest absolute Gasteiger partial charge is 0.312 e. The number of carbonyl (C=O) groups excluding carboxylic acids is 5. The number of pyridine rings is 4. The third-order valence-corrected chi connectivity index (χ3v) is 22.8. The summed E-state index contributed by atoms with van der Waals surface area (Å²) in [6, 6.07) is 20.1. The van der Waals surface area contributed by atoms with Crippen molar-refractivity contribution in [2.45, 2.75) is 263 Å². The molecule has 101 heavy (non-hydrogen) atoms. The SMILES string of the molecule is C.CC(C)(C)N1CCC2(CC1)OC(=O)Cc1ccccc12.CC(C)(C)N1CCC2(CC1)OC(=O)Cc1cccnc12.CC(C)(C)N1CCC2(CC1)OC(=O)Cc1ccncc12.CC(C)(C)N1CCC2(CC1)OC(=O)Cc1cnccc12.CC(C)(C)N1CCC2(CC1)OC(=O)Cc1ncccc12. The molecule has 0 unspecified atom stereocenters. The number of esters is 5. The molecule has 548 valence electrons. The van der Waals surface area contributed by atoms with E-state index in [1.807, 2.05) is 48.8 Å². The molecule has 0 N–H and O–H groups in total. The van der Waals surface area contributed by atoms with Crippen LogP contribution in [0.5, 0.6) is 0 Å². The summed E-state index contributed by atoms with van der Waals surface area (Å²) < 4.78 is 29.0. The lowest BCUT2D eigenvalue weighted by Gasteiger charge is -2.48. The van der Waals surface area contributed by atoms with E-state index < -0.39 is 22.4 Å². The minimum Gasteiger partial charge on any atom is -0.454 e. The minimum atomic E-state index is -0.492. The van der Waals surface area contributed by atoms with Gasteiger partial charge in [-0.15, -0.1) is 0 Å². The highest BCUT2D eigenvalue weighted by atomic mass is 16.6. The molecule has 5 saturated heterocycles. The summed E-state index contributed by atoms with van der Waals surface area (Å²) in [5.74, 6) is -0.550. The molecule has 10 aliphatic rings. The second-order valence-corrected chi connectivity index (χ2v) is 34.2. The van der Waals surface area contributed by atoms with Crippen LogP contribution in [0.4, 0.5) is 0 Å². The number of nitrogens with zero attached hydrogens (tertiary/aromatic N) is 9. The van der Waals surface area contributed by atoms with E-state index in [0.29, 0.717) is 32.1 Å². The van der Waals surface area contributed by atoms with E-state index in [9.17, 15) is 24.0 Å². The van der Waals surface area contributed by atoms with Gasteiger partial charge < -0.3 is 23.7 Å². The van der Waals surface area contributed by atoms with Crippen LogP contribution in [0.1, 0.15) is 231 Å². The highest BCUT2D eigenvalue weighted by Crippen LogP contribution is 2.48. The summed E-state index contributed by atoms with van der Waals surface area (Å²) in [5.41, 5.74) is 9.47. The van der Waals surface area contributed by atoms with Gasteiger partial charge in [-0.25, -0.2) is 0 Å². The van der Waals surface area contributed by atoms with Gasteiger partial charge in [-0.2, -0.15) is 0 Å². The quantitative estimate of drug-likeness (QED) is 0.105. The molecular weight excluding hydrogens is 1270 g/mol. The lowest BCUT2D eigenvalue weighted by atomic mass is 9.78. The van der Waals surface area contributed by atoms with Crippen LogP contribution in [-0.4, -0.2) is 167 Å². The molecule has 0 aliphatic carbocycles. The fourth-order valence-electron chi connectivity index (χ4n) is 16.9. The standard InChI is InChI=1S/C17H23NO2.4C16H22N2O2.CH4/c1-16(2,3)18-10-8-17(9-11-18)14-7-5-4-6-13(14)12-15(19)20-17;1-15(2,3)18-8-5-16(6-9-18)13-4-7-17-11-12(13)10-14(19)20-16;1-15(2,3)18-8-5-16(6-9-18)13-11-17-7-4-12(13)10-14(19)20-16;1-15(2,3)18-9-6-16(7-10-18)12-5-4-8-17-13(12)11-14(19)20-16;1-15(2,3)18-9-6-16(7-10-18)14-12(5-4-8-17-14)11-13(19)20-16;/h4-7H,8-12H2,1-3H3;2*4,7,11H,5-6,8-10H2,1-3H3;2*4-5,8H,6-7,9-11H2,1-3H3;1H4. The first-order valence-electron chi connectivity index (χ1n) is 36.7. The topological polar surface area (TPSA) is 199 Å². The van der Waals surface area contributed by atoms with Crippen molar-refractivity contribution in [3.8, 4) is 0 Å². The summed E-state index contributed by atoms with van der Waals surface area (Å²) in [7, 11) is 0. The Morgan fingerprint density at radius 2 is 0.614 bits per heavy atom. The summed E-state index contributed by atoms with van der Waals surface area (Å²) >= 11 is 0. The fraction of sp³-hybridized carbons (Fsp3) is 0.622. The Morgan fingerprint density at radius 3 is 1.07 bits per heavy atom.